The van der Waals surface area contributed by atoms with Crippen LogP contribution in [0.4, 0.5) is 5.82 Å². The van der Waals surface area contributed by atoms with Crippen molar-refractivity contribution in [1.29, 1.82) is 0 Å². The largest absolute Gasteiger partial charge is 0.354 e. The molecule has 0 unspecified atom stereocenters. The van der Waals surface area contributed by atoms with Crippen molar-refractivity contribution in [2.24, 2.45) is 5.92 Å². The highest BCUT2D eigenvalue weighted by molar-refractivity contribution is 6.29. The van der Waals surface area contributed by atoms with Gasteiger partial charge in [0.15, 0.2) is 11.0 Å². The number of carbonyl (C=O) groups excluding carboxylic acids is 1. The van der Waals surface area contributed by atoms with Gasteiger partial charge in [0.2, 0.25) is 5.91 Å². The second-order valence-corrected chi connectivity index (χ2v) is 6.37. The summed E-state index contributed by atoms with van der Waals surface area (Å²) in [4.78, 5) is 19.0. The van der Waals surface area contributed by atoms with Crippen LogP contribution in [-0.2, 0) is 4.79 Å². The zero-order valence-electron chi connectivity index (χ0n) is 13.5. The average molecular weight is 346 g/mol. The second-order valence-electron chi connectivity index (χ2n) is 5.98. The molecular formula is C17H20ClN5O. The SMILES string of the molecule is C[C@@H](NC(=O)[C@H]1CCCN(c2ccc(Cl)nn2)C1)c1ccccn1. The fourth-order valence-electron chi connectivity index (χ4n) is 2.91. The number of carbonyl (C=O) groups is 1. The zero-order chi connectivity index (χ0) is 16.9. The Morgan fingerprint density at radius 2 is 2.21 bits per heavy atom. The molecule has 24 heavy (non-hydrogen) atoms. The Bertz CT molecular complexity index is 679. The van der Waals surface area contributed by atoms with Gasteiger partial charge in [0.1, 0.15) is 0 Å². The molecule has 7 heteroatoms. The predicted octanol–water partition coefficient (Wildman–Crippen LogP) is 2.62. The number of nitrogens with one attached hydrogen (secondary N) is 1. The molecule has 3 heterocycles. The number of nitrogens with zero attached hydrogens (tertiary/aromatic N) is 4. The van der Waals surface area contributed by atoms with E-state index in [1.165, 1.54) is 0 Å². The van der Waals surface area contributed by atoms with Gasteiger partial charge in [0.05, 0.1) is 17.7 Å². The van der Waals surface area contributed by atoms with Crippen LogP contribution in [0.5, 0.6) is 0 Å². The Labute approximate surface area is 146 Å². The van der Waals surface area contributed by atoms with Gasteiger partial charge >= 0.3 is 0 Å². The van der Waals surface area contributed by atoms with Crippen molar-refractivity contribution in [1.82, 2.24) is 20.5 Å². The molecule has 1 saturated heterocycles. The first kappa shape index (κ1) is 16.6. The van der Waals surface area contributed by atoms with Gasteiger partial charge in [-0.3, -0.25) is 9.78 Å². The van der Waals surface area contributed by atoms with Gasteiger partial charge in [-0.15, -0.1) is 10.2 Å². The summed E-state index contributed by atoms with van der Waals surface area (Å²) in [5.41, 5.74) is 0.863. The lowest BCUT2D eigenvalue weighted by Crippen LogP contribution is -2.44. The molecule has 1 N–H and O–H groups in total. The Morgan fingerprint density at radius 1 is 1.33 bits per heavy atom. The van der Waals surface area contributed by atoms with Crippen molar-refractivity contribution in [2.75, 3.05) is 18.0 Å². The number of aromatic nitrogens is 3. The Morgan fingerprint density at radius 3 is 2.92 bits per heavy atom. The van der Waals surface area contributed by atoms with E-state index in [4.69, 9.17) is 11.6 Å². The lowest BCUT2D eigenvalue weighted by molar-refractivity contribution is -0.125. The number of rotatable bonds is 4. The highest BCUT2D eigenvalue weighted by atomic mass is 35.5. The summed E-state index contributed by atoms with van der Waals surface area (Å²) < 4.78 is 0. The molecule has 3 rings (SSSR count). The standard InChI is InChI=1S/C17H20ClN5O/c1-12(14-6-2-3-9-19-14)20-17(24)13-5-4-10-23(11-13)16-8-7-15(18)21-22-16/h2-3,6-9,12-13H,4-5,10-11H2,1H3,(H,20,24)/t12-,13+/m1/s1. The number of hydrogen-bond acceptors (Lipinski definition) is 5. The third-order valence-electron chi connectivity index (χ3n) is 4.22. The van der Waals surface area contributed by atoms with Crippen LogP contribution in [0.1, 0.15) is 31.5 Å². The van der Waals surface area contributed by atoms with Crippen LogP contribution in [0.3, 0.4) is 0 Å². The molecule has 1 amide bonds. The number of amides is 1. The van der Waals surface area contributed by atoms with E-state index in [0.29, 0.717) is 11.7 Å². The van der Waals surface area contributed by atoms with Crippen molar-refractivity contribution in [3.05, 3.63) is 47.4 Å². The van der Waals surface area contributed by atoms with Crippen LogP contribution in [-0.4, -0.2) is 34.2 Å². The third kappa shape index (κ3) is 4.00. The number of piperidine rings is 1. The van der Waals surface area contributed by atoms with Gasteiger partial charge in [0.25, 0.3) is 0 Å². The molecule has 0 radical (unpaired) electrons. The molecule has 0 aromatic carbocycles. The van der Waals surface area contributed by atoms with Crippen LogP contribution in [0.15, 0.2) is 36.5 Å². The van der Waals surface area contributed by atoms with Crippen LogP contribution in [0.2, 0.25) is 5.15 Å². The van der Waals surface area contributed by atoms with Crippen molar-refractivity contribution >= 4 is 23.3 Å². The van der Waals surface area contributed by atoms with Crippen molar-refractivity contribution in [2.45, 2.75) is 25.8 Å². The highest BCUT2D eigenvalue weighted by Crippen LogP contribution is 2.22. The van der Waals surface area contributed by atoms with E-state index in [0.717, 1.165) is 30.9 Å². The predicted molar refractivity (Wildman–Crippen MR) is 92.8 cm³/mol. The molecule has 1 aliphatic rings. The molecule has 0 aliphatic carbocycles. The van der Waals surface area contributed by atoms with Gasteiger partial charge in [-0.25, -0.2) is 0 Å². The van der Waals surface area contributed by atoms with E-state index in [9.17, 15) is 4.79 Å². The zero-order valence-corrected chi connectivity index (χ0v) is 14.3. The lowest BCUT2D eigenvalue weighted by atomic mass is 9.96. The van der Waals surface area contributed by atoms with Gasteiger partial charge in [-0.05, 0) is 44.0 Å². The summed E-state index contributed by atoms with van der Waals surface area (Å²) >= 11 is 5.78. The molecule has 126 valence electrons. The van der Waals surface area contributed by atoms with Crippen LogP contribution < -0.4 is 10.2 Å². The maximum atomic E-state index is 12.6. The van der Waals surface area contributed by atoms with E-state index in [2.05, 4.69) is 25.4 Å². The molecule has 2 aromatic heterocycles. The van der Waals surface area contributed by atoms with Crippen LogP contribution in [0, 0.1) is 5.92 Å². The first-order valence-electron chi connectivity index (χ1n) is 8.09. The number of hydrogen-bond donors (Lipinski definition) is 1. The van der Waals surface area contributed by atoms with Gasteiger partial charge < -0.3 is 10.2 Å². The van der Waals surface area contributed by atoms with E-state index in [-0.39, 0.29) is 17.9 Å². The molecule has 1 aliphatic heterocycles. The molecule has 6 nitrogen and oxygen atoms in total. The second kappa shape index (κ2) is 7.57. The molecule has 2 aromatic rings. The minimum Gasteiger partial charge on any atom is -0.354 e. The smallest absolute Gasteiger partial charge is 0.225 e. The number of halogens is 1. The third-order valence-corrected chi connectivity index (χ3v) is 4.43. The summed E-state index contributed by atoms with van der Waals surface area (Å²) in [7, 11) is 0. The maximum Gasteiger partial charge on any atom is 0.225 e. The molecule has 1 fully saturated rings. The molecular weight excluding hydrogens is 326 g/mol. The summed E-state index contributed by atoms with van der Waals surface area (Å²) in [5, 5.41) is 11.4. The first-order valence-corrected chi connectivity index (χ1v) is 8.47. The fourth-order valence-corrected chi connectivity index (χ4v) is 3.01. The summed E-state index contributed by atoms with van der Waals surface area (Å²) in [5.74, 6) is 0.747. The topological polar surface area (TPSA) is 71.0 Å². The van der Waals surface area contributed by atoms with E-state index >= 15 is 0 Å². The van der Waals surface area contributed by atoms with Gasteiger partial charge in [-0.1, -0.05) is 17.7 Å². The van der Waals surface area contributed by atoms with Gasteiger partial charge in [-0.2, -0.15) is 0 Å². The van der Waals surface area contributed by atoms with E-state index in [1.54, 1.807) is 12.3 Å². The minimum absolute atomic E-state index is 0.0553. The summed E-state index contributed by atoms with van der Waals surface area (Å²) in [6.07, 6.45) is 3.55. The van der Waals surface area contributed by atoms with Crippen LogP contribution in [0.25, 0.3) is 0 Å². The van der Waals surface area contributed by atoms with E-state index < -0.39 is 0 Å². The molecule has 2 atom stereocenters. The van der Waals surface area contributed by atoms with E-state index in [1.807, 2.05) is 31.2 Å². The fraction of sp³-hybridized carbons (Fsp3) is 0.412. The minimum atomic E-state index is -0.107. The van der Waals surface area contributed by atoms with Crippen LogP contribution >= 0.6 is 11.6 Å². The summed E-state index contributed by atoms with van der Waals surface area (Å²) in [6, 6.07) is 9.16. The lowest BCUT2D eigenvalue weighted by Gasteiger charge is -2.33. The Hall–Kier alpha value is -2.21. The van der Waals surface area contributed by atoms with Crippen molar-refractivity contribution < 1.29 is 4.79 Å². The normalized spacial score (nSPS) is 18.9. The average Bonchev–Trinajstić information content (AvgIpc) is 2.63. The maximum absolute atomic E-state index is 12.6. The number of pyridine rings is 1. The first-order chi connectivity index (χ1) is 11.6. The quantitative estimate of drug-likeness (QED) is 0.922. The molecule has 0 saturated carbocycles. The molecule has 0 spiro atoms. The Kier molecular flexibility index (Phi) is 5.25. The monoisotopic (exact) mass is 345 g/mol. The molecule has 0 bridgehead atoms. The van der Waals surface area contributed by atoms with Gasteiger partial charge in [0, 0.05) is 19.3 Å². The highest BCUT2D eigenvalue weighted by Gasteiger charge is 2.27. The summed E-state index contributed by atoms with van der Waals surface area (Å²) in [6.45, 7) is 3.46. The number of anilines is 1. The van der Waals surface area contributed by atoms with Crippen molar-refractivity contribution in [3.8, 4) is 0 Å². The Balaban J connectivity index is 1.61. The van der Waals surface area contributed by atoms with Crippen molar-refractivity contribution in [3.63, 3.8) is 0 Å².